The maximum atomic E-state index is 5.37. The average molecular weight is 279 g/mol. The number of nitrogens with zero attached hydrogens (tertiary/aromatic N) is 3. The van der Waals surface area contributed by atoms with Crippen LogP contribution in [0.1, 0.15) is 5.56 Å². The van der Waals surface area contributed by atoms with Gasteiger partial charge in [-0.05, 0) is 29.8 Å². The van der Waals surface area contributed by atoms with Crippen molar-refractivity contribution in [2.24, 2.45) is 5.16 Å². The zero-order valence-electron chi connectivity index (χ0n) is 11.4. The summed E-state index contributed by atoms with van der Waals surface area (Å²) in [6, 6.07) is 15.2. The number of hydrogen-bond acceptors (Lipinski definition) is 5. The molecule has 21 heavy (non-hydrogen) atoms. The van der Waals surface area contributed by atoms with Crippen molar-refractivity contribution in [3.05, 3.63) is 60.4 Å². The Morgan fingerprint density at radius 1 is 1.05 bits per heavy atom. The van der Waals surface area contributed by atoms with E-state index in [1.165, 1.54) is 6.33 Å². The largest absolute Gasteiger partial charge is 0.497 e. The Bertz CT molecular complexity index is 782. The molecule has 0 spiro atoms. The molecular weight excluding hydrogens is 266 g/mol. The highest BCUT2D eigenvalue weighted by atomic mass is 16.6. The van der Waals surface area contributed by atoms with Gasteiger partial charge >= 0.3 is 0 Å². The van der Waals surface area contributed by atoms with E-state index in [1.54, 1.807) is 13.3 Å². The van der Waals surface area contributed by atoms with Crippen molar-refractivity contribution in [3.8, 4) is 11.6 Å². The van der Waals surface area contributed by atoms with E-state index < -0.39 is 0 Å². The van der Waals surface area contributed by atoms with E-state index in [0.717, 1.165) is 22.2 Å². The Morgan fingerprint density at radius 3 is 2.86 bits per heavy atom. The molecule has 1 aromatic heterocycles. The molecule has 104 valence electrons. The molecule has 2 aromatic carbocycles. The van der Waals surface area contributed by atoms with E-state index >= 15 is 0 Å². The van der Waals surface area contributed by atoms with Gasteiger partial charge in [0, 0.05) is 0 Å². The van der Waals surface area contributed by atoms with Gasteiger partial charge in [-0.15, -0.1) is 0 Å². The first-order chi connectivity index (χ1) is 10.4. The highest BCUT2D eigenvalue weighted by Crippen LogP contribution is 2.20. The van der Waals surface area contributed by atoms with E-state index in [2.05, 4.69) is 15.1 Å². The number of oxime groups is 1. The standard InChI is InChI=1S/C16H13N3O2/c1-20-13-6-4-5-12(9-13)10-19-21-16-14-7-2-3-8-15(14)17-11-18-16/h2-11H,1H3/b19-10-. The smallest absolute Gasteiger partial charge is 0.259 e. The summed E-state index contributed by atoms with van der Waals surface area (Å²) in [7, 11) is 1.62. The number of fused-ring (bicyclic) bond motifs is 1. The first-order valence-electron chi connectivity index (χ1n) is 6.41. The van der Waals surface area contributed by atoms with Crippen LogP contribution in [0.2, 0.25) is 0 Å². The van der Waals surface area contributed by atoms with Crippen LogP contribution in [0.15, 0.2) is 60.0 Å². The van der Waals surface area contributed by atoms with Gasteiger partial charge in [-0.2, -0.15) is 4.98 Å². The minimum atomic E-state index is 0.430. The van der Waals surface area contributed by atoms with Gasteiger partial charge in [-0.25, -0.2) is 4.98 Å². The molecule has 0 aliphatic heterocycles. The molecular formula is C16H13N3O2. The van der Waals surface area contributed by atoms with Crippen molar-refractivity contribution in [2.45, 2.75) is 0 Å². The van der Waals surface area contributed by atoms with Crippen molar-refractivity contribution >= 4 is 17.1 Å². The molecule has 5 nitrogen and oxygen atoms in total. The molecule has 1 heterocycles. The molecule has 0 saturated carbocycles. The Morgan fingerprint density at radius 2 is 1.95 bits per heavy atom. The highest BCUT2D eigenvalue weighted by Gasteiger charge is 2.03. The van der Waals surface area contributed by atoms with E-state index in [9.17, 15) is 0 Å². The molecule has 0 saturated heterocycles. The van der Waals surface area contributed by atoms with Crippen LogP contribution in [0.25, 0.3) is 10.9 Å². The van der Waals surface area contributed by atoms with Crippen LogP contribution in [-0.4, -0.2) is 23.3 Å². The molecule has 0 bridgehead atoms. The predicted molar refractivity (Wildman–Crippen MR) is 80.8 cm³/mol. The van der Waals surface area contributed by atoms with Crippen LogP contribution < -0.4 is 9.57 Å². The number of benzene rings is 2. The van der Waals surface area contributed by atoms with E-state index in [0.29, 0.717) is 5.88 Å². The molecule has 0 N–H and O–H groups in total. The lowest BCUT2D eigenvalue weighted by Crippen LogP contribution is -1.92. The summed E-state index contributed by atoms with van der Waals surface area (Å²) in [6.07, 6.45) is 3.07. The lowest BCUT2D eigenvalue weighted by molar-refractivity contribution is 0.334. The normalized spacial score (nSPS) is 10.9. The molecule has 0 radical (unpaired) electrons. The zero-order valence-corrected chi connectivity index (χ0v) is 11.4. The SMILES string of the molecule is COc1cccc(/C=N\Oc2ncnc3ccccc23)c1. The fourth-order valence-corrected chi connectivity index (χ4v) is 1.91. The number of hydrogen-bond donors (Lipinski definition) is 0. The van der Waals surface area contributed by atoms with Gasteiger partial charge in [-0.3, -0.25) is 0 Å². The van der Waals surface area contributed by atoms with Crippen LogP contribution in [-0.2, 0) is 0 Å². The van der Waals surface area contributed by atoms with E-state index in [4.69, 9.17) is 9.57 Å². The molecule has 5 heteroatoms. The van der Waals surface area contributed by atoms with Crippen molar-refractivity contribution in [2.75, 3.05) is 7.11 Å². The van der Waals surface area contributed by atoms with Gasteiger partial charge in [0.1, 0.15) is 12.1 Å². The summed E-state index contributed by atoms with van der Waals surface area (Å²) in [5.41, 5.74) is 1.70. The first kappa shape index (κ1) is 13.1. The molecule has 0 fully saturated rings. The van der Waals surface area contributed by atoms with Crippen LogP contribution >= 0.6 is 0 Å². The molecule has 0 atom stereocenters. The molecule has 0 aliphatic carbocycles. The first-order valence-corrected chi connectivity index (χ1v) is 6.41. The summed E-state index contributed by atoms with van der Waals surface area (Å²) >= 11 is 0. The van der Waals surface area contributed by atoms with Crippen LogP contribution in [0.5, 0.6) is 11.6 Å². The Hall–Kier alpha value is -2.95. The second-order valence-corrected chi connectivity index (χ2v) is 4.30. The summed E-state index contributed by atoms with van der Waals surface area (Å²) in [5, 5.41) is 4.79. The van der Waals surface area contributed by atoms with Crippen molar-refractivity contribution in [1.29, 1.82) is 0 Å². The molecule has 3 rings (SSSR count). The fourth-order valence-electron chi connectivity index (χ4n) is 1.91. The number of aromatic nitrogens is 2. The highest BCUT2D eigenvalue weighted by molar-refractivity contribution is 5.83. The van der Waals surface area contributed by atoms with Crippen LogP contribution in [0, 0.1) is 0 Å². The Labute approximate surface area is 121 Å². The maximum absolute atomic E-state index is 5.37. The van der Waals surface area contributed by atoms with Crippen LogP contribution in [0.4, 0.5) is 0 Å². The van der Waals surface area contributed by atoms with Gasteiger partial charge < -0.3 is 9.57 Å². The number of methoxy groups -OCH3 is 1. The van der Waals surface area contributed by atoms with Gasteiger partial charge in [-0.1, -0.05) is 29.4 Å². The summed E-state index contributed by atoms with van der Waals surface area (Å²) in [4.78, 5) is 13.6. The second kappa shape index (κ2) is 6.00. The molecule has 3 aromatic rings. The third-order valence-corrected chi connectivity index (χ3v) is 2.94. The van der Waals surface area contributed by atoms with Gasteiger partial charge in [0.25, 0.3) is 5.88 Å². The third kappa shape index (κ3) is 2.97. The lowest BCUT2D eigenvalue weighted by atomic mass is 10.2. The average Bonchev–Trinajstić information content (AvgIpc) is 2.55. The van der Waals surface area contributed by atoms with Gasteiger partial charge in [0.15, 0.2) is 0 Å². The van der Waals surface area contributed by atoms with Crippen molar-refractivity contribution < 1.29 is 9.57 Å². The topological polar surface area (TPSA) is 56.6 Å². The molecule has 0 aliphatic rings. The number of para-hydroxylation sites is 1. The molecule has 0 amide bonds. The van der Waals surface area contributed by atoms with E-state index in [-0.39, 0.29) is 0 Å². The lowest BCUT2D eigenvalue weighted by Gasteiger charge is -2.02. The Balaban J connectivity index is 1.81. The van der Waals surface area contributed by atoms with Gasteiger partial charge in [0.05, 0.1) is 24.2 Å². The quantitative estimate of drug-likeness (QED) is 0.544. The monoisotopic (exact) mass is 279 g/mol. The number of rotatable bonds is 4. The zero-order chi connectivity index (χ0) is 14.5. The minimum absolute atomic E-state index is 0.430. The Kier molecular flexibility index (Phi) is 3.73. The maximum Gasteiger partial charge on any atom is 0.259 e. The summed E-state index contributed by atoms with van der Waals surface area (Å²) in [5.74, 6) is 1.20. The molecule has 0 unspecified atom stereocenters. The number of ether oxygens (including phenoxy) is 1. The summed E-state index contributed by atoms with van der Waals surface area (Å²) < 4.78 is 5.15. The van der Waals surface area contributed by atoms with Crippen LogP contribution in [0.3, 0.4) is 0 Å². The fraction of sp³-hybridized carbons (Fsp3) is 0.0625. The van der Waals surface area contributed by atoms with Crippen molar-refractivity contribution in [3.63, 3.8) is 0 Å². The summed E-state index contributed by atoms with van der Waals surface area (Å²) in [6.45, 7) is 0. The van der Waals surface area contributed by atoms with Gasteiger partial charge in [0.2, 0.25) is 0 Å². The predicted octanol–water partition coefficient (Wildman–Crippen LogP) is 3.05. The minimum Gasteiger partial charge on any atom is -0.497 e. The third-order valence-electron chi connectivity index (χ3n) is 2.94. The van der Waals surface area contributed by atoms with E-state index in [1.807, 2.05) is 48.5 Å². The van der Waals surface area contributed by atoms with Crippen molar-refractivity contribution in [1.82, 2.24) is 9.97 Å². The second-order valence-electron chi connectivity index (χ2n) is 4.30.